The zero-order chi connectivity index (χ0) is 11.8. The van der Waals surface area contributed by atoms with Gasteiger partial charge in [-0.25, -0.2) is 24.9 Å². The maximum Gasteiger partial charge on any atom is 0.181 e. The maximum atomic E-state index is 6.08. The molecule has 3 heterocycles. The summed E-state index contributed by atoms with van der Waals surface area (Å²) in [5.74, 6) is 0.494. The first-order valence-corrected chi connectivity index (χ1v) is 6.00. The highest BCUT2D eigenvalue weighted by Crippen LogP contribution is 2.27. The Morgan fingerprint density at radius 2 is 2.12 bits per heavy atom. The molecule has 3 aromatic rings. The zero-order valence-electron chi connectivity index (χ0n) is 8.75. The fourth-order valence-corrected chi connectivity index (χ4v) is 2.49. The lowest BCUT2D eigenvalue weighted by molar-refractivity contribution is 1.12. The number of thiazole rings is 1. The quantitative estimate of drug-likeness (QED) is 0.631. The molecule has 0 aliphatic heterocycles. The summed E-state index contributed by atoms with van der Waals surface area (Å²) < 4.78 is 0. The van der Waals surface area contributed by atoms with E-state index in [1.807, 2.05) is 6.92 Å². The number of rotatable bonds is 1. The minimum atomic E-state index is 0.355. The molecule has 84 valence electrons. The third kappa shape index (κ3) is 1.85. The summed E-state index contributed by atoms with van der Waals surface area (Å²) in [6, 6.07) is 1.74. The Morgan fingerprint density at radius 3 is 2.88 bits per heavy atom. The molecule has 0 aromatic carbocycles. The fourth-order valence-electron chi connectivity index (χ4n) is 1.43. The summed E-state index contributed by atoms with van der Waals surface area (Å²) >= 11 is 7.56. The van der Waals surface area contributed by atoms with E-state index in [-0.39, 0.29) is 0 Å². The van der Waals surface area contributed by atoms with Gasteiger partial charge >= 0.3 is 0 Å². The van der Waals surface area contributed by atoms with E-state index in [4.69, 9.17) is 11.6 Å². The highest BCUT2D eigenvalue weighted by molar-refractivity contribution is 7.18. The van der Waals surface area contributed by atoms with Gasteiger partial charge in [0, 0.05) is 6.20 Å². The van der Waals surface area contributed by atoms with Crippen LogP contribution in [0.1, 0.15) is 5.01 Å². The van der Waals surface area contributed by atoms with Crippen LogP contribution in [-0.4, -0.2) is 24.9 Å². The topological polar surface area (TPSA) is 64.5 Å². The Balaban J connectivity index is 2.25. The van der Waals surface area contributed by atoms with Gasteiger partial charge in [-0.05, 0) is 13.0 Å². The lowest BCUT2D eigenvalue weighted by Crippen LogP contribution is -1.92. The van der Waals surface area contributed by atoms with E-state index in [0.717, 1.165) is 9.84 Å². The van der Waals surface area contributed by atoms with Crippen molar-refractivity contribution in [2.24, 2.45) is 0 Å². The van der Waals surface area contributed by atoms with Crippen molar-refractivity contribution in [3.8, 4) is 11.5 Å². The van der Waals surface area contributed by atoms with Crippen molar-refractivity contribution < 1.29 is 0 Å². The molecule has 17 heavy (non-hydrogen) atoms. The number of aromatic nitrogens is 5. The van der Waals surface area contributed by atoms with E-state index in [1.165, 1.54) is 17.7 Å². The van der Waals surface area contributed by atoms with Gasteiger partial charge in [-0.3, -0.25) is 0 Å². The van der Waals surface area contributed by atoms with Crippen LogP contribution in [0.3, 0.4) is 0 Å². The van der Waals surface area contributed by atoms with Crippen LogP contribution in [0.25, 0.3) is 21.9 Å². The van der Waals surface area contributed by atoms with Crippen molar-refractivity contribution in [3.05, 3.63) is 28.8 Å². The molecule has 0 N–H and O–H groups in total. The predicted molar refractivity (Wildman–Crippen MR) is 66.0 cm³/mol. The number of halogens is 1. The maximum absolute atomic E-state index is 6.08. The monoisotopic (exact) mass is 263 g/mol. The summed E-state index contributed by atoms with van der Waals surface area (Å²) in [5.41, 5.74) is 1.29. The first-order chi connectivity index (χ1) is 8.24. The third-order valence-corrected chi connectivity index (χ3v) is 3.26. The highest BCUT2D eigenvalue weighted by atomic mass is 35.5. The minimum absolute atomic E-state index is 0.355. The molecule has 0 fully saturated rings. The van der Waals surface area contributed by atoms with E-state index in [2.05, 4.69) is 24.9 Å². The van der Waals surface area contributed by atoms with Crippen LogP contribution in [0.4, 0.5) is 0 Å². The molecule has 0 saturated carbocycles. The first-order valence-electron chi connectivity index (χ1n) is 4.81. The van der Waals surface area contributed by atoms with Crippen molar-refractivity contribution in [2.45, 2.75) is 6.92 Å². The fraction of sp³-hybridized carbons (Fsp3) is 0.100. The van der Waals surface area contributed by atoms with Crippen LogP contribution < -0.4 is 0 Å². The molecule has 5 nitrogen and oxygen atoms in total. The molecular weight excluding hydrogens is 258 g/mol. The van der Waals surface area contributed by atoms with E-state index < -0.39 is 0 Å². The van der Waals surface area contributed by atoms with Crippen LogP contribution >= 0.6 is 22.9 Å². The molecule has 0 aliphatic carbocycles. The van der Waals surface area contributed by atoms with Crippen molar-refractivity contribution in [2.75, 3.05) is 0 Å². The van der Waals surface area contributed by atoms with Crippen molar-refractivity contribution in [1.29, 1.82) is 0 Å². The molecule has 3 aromatic heterocycles. The van der Waals surface area contributed by atoms with Gasteiger partial charge < -0.3 is 0 Å². The second-order valence-corrected chi connectivity index (χ2v) is 4.86. The highest BCUT2D eigenvalue weighted by Gasteiger charge is 2.12. The van der Waals surface area contributed by atoms with Gasteiger partial charge in [0.25, 0.3) is 0 Å². The van der Waals surface area contributed by atoms with Crippen LogP contribution in [0, 0.1) is 6.92 Å². The predicted octanol–water partition coefficient (Wildman–Crippen LogP) is 2.51. The molecule has 0 spiro atoms. The smallest absolute Gasteiger partial charge is 0.181 e. The molecule has 0 unspecified atom stereocenters. The van der Waals surface area contributed by atoms with Crippen LogP contribution in [0.15, 0.2) is 18.6 Å². The normalized spacial score (nSPS) is 10.9. The molecule has 7 heteroatoms. The molecule has 0 atom stereocenters. The van der Waals surface area contributed by atoms with Gasteiger partial charge in [0.2, 0.25) is 0 Å². The summed E-state index contributed by atoms with van der Waals surface area (Å²) in [5, 5.41) is 1.27. The Labute approximate surface area is 106 Å². The van der Waals surface area contributed by atoms with Crippen molar-refractivity contribution in [3.63, 3.8) is 0 Å². The second-order valence-electron chi connectivity index (χ2n) is 3.32. The van der Waals surface area contributed by atoms with Crippen LogP contribution in [-0.2, 0) is 0 Å². The lowest BCUT2D eigenvalue weighted by atomic mass is 10.4. The average Bonchev–Trinajstić information content (AvgIpc) is 2.71. The molecule has 0 aliphatic rings. The van der Waals surface area contributed by atoms with Gasteiger partial charge in [-0.2, -0.15) is 0 Å². The number of fused-ring (bicyclic) bond motifs is 1. The van der Waals surface area contributed by atoms with E-state index in [1.54, 1.807) is 12.3 Å². The van der Waals surface area contributed by atoms with Gasteiger partial charge in [-0.1, -0.05) is 22.9 Å². The number of hydrogen-bond acceptors (Lipinski definition) is 6. The van der Waals surface area contributed by atoms with Crippen LogP contribution in [0.2, 0.25) is 5.15 Å². The molecular formula is C10H6ClN5S. The van der Waals surface area contributed by atoms with Gasteiger partial charge in [0.05, 0.1) is 5.01 Å². The molecule has 0 saturated heterocycles. The van der Waals surface area contributed by atoms with E-state index in [0.29, 0.717) is 22.2 Å². The Kier molecular flexibility index (Phi) is 2.45. The summed E-state index contributed by atoms with van der Waals surface area (Å²) in [6.45, 7) is 1.91. The summed E-state index contributed by atoms with van der Waals surface area (Å²) in [4.78, 5) is 21.6. The zero-order valence-corrected chi connectivity index (χ0v) is 10.3. The Morgan fingerprint density at radius 1 is 1.24 bits per heavy atom. The van der Waals surface area contributed by atoms with Crippen LogP contribution in [0.5, 0.6) is 0 Å². The minimum Gasteiger partial charge on any atom is -0.245 e. The molecule has 0 bridgehead atoms. The van der Waals surface area contributed by atoms with Gasteiger partial charge in [0.1, 0.15) is 22.4 Å². The van der Waals surface area contributed by atoms with Crippen molar-refractivity contribution in [1.82, 2.24) is 24.9 Å². The van der Waals surface area contributed by atoms with Gasteiger partial charge in [0.15, 0.2) is 11.0 Å². The molecule has 0 radical (unpaired) electrons. The van der Waals surface area contributed by atoms with Gasteiger partial charge in [-0.15, -0.1) is 0 Å². The summed E-state index contributed by atoms with van der Waals surface area (Å²) in [7, 11) is 0. The largest absolute Gasteiger partial charge is 0.245 e. The molecule has 3 rings (SSSR count). The van der Waals surface area contributed by atoms with E-state index >= 15 is 0 Å². The summed E-state index contributed by atoms with van der Waals surface area (Å²) in [6.07, 6.45) is 3.09. The third-order valence-electron chi connectivity index (χ3n) is 2.13. The Bertz CT molecular complexity index is 682. The second kappa shape index (κ2) is 3.97. The Hall–Kier alpha value is -1.66. The number of hydrogen-bond donors (Lipinski definition) is 0. The average molecular weight is 264 g/mol. The standard InChI is InChI=1S/C10H6ClN5S/c1-5-14-7-8(11)15-9(16-10(7)17-5)6-2-3-12-4-13-6/h2-4H,1H3. The molecule has 0 amide bonds. The number of nitrogens with zero attached hydrogens (tertiary/aromatic N) is 5. The number of aryl methyl sites for hydroxylation is 1. The van der Waals surface area contributed by atoms with E-state index in [9.17, 15) is 0 Å². The lowest BCUT2D eigenvalue weighted by Gasteiger charge is -1.98. The first kappa shape index (κ1) is 10.5. The van der Waals surface area contributed by atoms with Crippen molar-refractivity contribution >= 4 is 33.3 Å². The SMILES string of the molecule is Cc1nc2c(Cl)nc(-c3ccncn3)nc2s1.